The highest BCUT2D eigenvalue weighted by molar-refractivity contribution is 14.0. The normalized spacial score (nSPS) is 19.5. The van der Waals surface area contributed by atoms with E-state index in [1.165, 1.54) is 12.8 Å². The SMILES string of the molecule is CN=C(NCCCOCC1CCOC1)NCc1ccc(N2CCCC2)nc1.I. The highest BCUT2D eigenvalue weighted by Crippen LogP contribution is 2.17. The molecule has 158 valence electrons. The standard InChI is InChI=1S/C20H33N5O2.HI/c1-21-20(22-8-4-11-26-15-18-7-12-27-16-18)24-14-17-5-6-19(23-13-17)25-9-2-3-10-25;/h5-6,13,18H,2-4,7-12,14-16H2,1H3,(H2,21,22,24);1H. The van der Waals surface area contributed by atoms with Crippen LogP contribution in [0.3, 0.4) is 0 Å². The number of aromatic nitrogens is 1. The van der Waals surface area contributed by atoms with Crippen LogP contribution in [0.25, 0.3) is 0 Å². The number of nitrogens with one attached hydrogen (secondary N) is 2. The minimum absolute atomic E-state index is 0. The zero-order valence-electron chi connectivity index (χ0n) is 16.9. The Morgan fingerprint density at radius 3 is 2.86 bits per heavy atom. The summed E-state index contributed by atoms with van der Waals surface area (Å²) in [5.41, 5.74) is 1.16. The quantitative estimate of drug-likeness (QED) is 0.234. The van der Waals surface area contributed by atoms with Gasteiger partial charge in [-0.25, -0.2) is 4.98 Å². The van der Waals surface area contributed by atoms with Gasteiger partial charge >= 0.3 is 0 Å². The molecular formula is C20H34IN5O2. The Morgan fingerprint density at radius 2 is 2.18 bits per heavy atom. The lowest BCUT2D eigenvalue weighted by Gasteiger charge is -2.16. The summed E-state index contributed by atoms with van der Waals surface area (Å²) >= 11 is 0. The number of nitrogens with zero attached hydrogens (tertiary/aromatic N) is 3. The average Bonchev–Trinajstić information content (AvgIpc) is 3.41. The first-order chi connectivity index (χ1) is 13.3. The molecule has 2 N–H and O–H groups in total. The largest absolute Gasteiger partial charge is 0.381 e. The summed E-state index contributed by atoms with van der Waals surface area (Å²) in [6.07, 6.45) is 6.58. The average molecular weight is 503 g/mol. The van der Waals surface area contributed by atoms with Crippen molar-refractivity contribution >= 4 is 35.8 Å². The second-order valence-electron chi connectivity index (χ2n) is 7.23. The molecule has 1 atom stereocenters. The van der Waals surface area contributed by atoms with Crippen molar-refractivity contribution in [2.45, 2.75) is 32.2 Å². The number of rotatable bonds is 9. The number of aliphatic imine (C=N–C) groups is 1. The number of hydrogen-bond donors (Lipinski definition) is 2. The van der Waals surface area contributed by atoms with Crippen molar-refractivity contribution in [1.29, 1.82) is 0 Å². The Balaban J connectivity index is 0.00000280. The summed E-state index contributed by atoms with van der Waals surface area (Å²) in [6.45, 7) is 7.11. The van der Waals surface area contributed by atoms with Gasteiger partial charge in [-0.2, -0.15) is 0 Å². The van der Waals surface area contributed by atoms with E-state index in [1.807, 2.05) is 6.20 Å². The molecule has 3 heterocycles. The molecule has 8 heteroatoms. The molecule has 3 rings (SSSR count). The van der Waals surface area contributed by atoms with Crippen molar-refractivity contribution < 1.29 is 9.47 Å². The lowest BCUT2D eigenvalue weighted by molar-refractivity contribution is 0.0888. The number of guanidine groups is 1. The van der Waals surface area contributed by atoms with Crippen LogP contribution in [0.15, 0.2) is 23.3 Å². The fourth-order valence-electron chi connectivity index (χ4n) is 3.41. The lowest BCUT2D eigenvalue weighted by atomic mass is 10.1. The Hall–Kier alpha value is -1.13. The lowest BCUT2D eigenvalue weighted by Crippen LogP contribution is -2.37. The van der Waals surface area contributed by atoms with Gasteiger partial charge in [0.25, 0.3) is 0 Å². The highest BCUT2D eigenvalue weighted by Gasteiger charge is 2.15. The van der Waals surface area contributed by atoms with Crippen LogP contribution >= 0.6 is 24.0 Å². The third-order valence-corrected chi connectivity index (χ3v) is 5.06. The first-order valence-corrected chi connectivity index (χ1v) is 10.1. The molecule has 0 bridgehead atoms. The molecule has 0 aromatic carbocycles. The second-order valence-corrected chi connectivity index (χ2v) is 7.23. The van der Waals surface area contributed by atoms with E-state index in [0.29, 0.717) is 12.5 Å². The molecule has 0 spiro atoms. The number of anilines is 1. The summed E-state index contributed by atoms with van der Waals surface area (Å²) < 4.78 is 11.1. The van der Waals surface area contributed by atoms with Crippen LogP contribution in [0, 0.1) is 5.92 Å². The first kappa shape index (κ1) is 23.2. The fraction of sp³-hybridized carbons (Fsp3) is 0.700. The topological polar surface area (TPSA) is 71.0 Å². The first-order valence-electron chi connectivity index (χ1n) is 10.1. The summed E-state index contributed by atoms with van der Waals surface area (Å²) in [6, 6.07) is 4.26. The van der Waals surface area contributed by atoms with Crippen LogP contribution in [-0.2, 0) is 16.0 Å². The monoisotopic (exact) mass is 503 g/mol. The number of halogens is 1. The van der Waals surface area contributed by atoms with E-state index in [1.54, 1.807) is 7.05 Å². The van der Waals surface area contributed by atoms with E-state index in [2.05, 4.69) is 37.6 Å². The molecule has 2 aliphatic rings. The molecule has 2 saturated heterocycles. The predicted octanol–water partition coefficient (Wildman–Crippen LogP) is 2.41. The van der Waals surface area contributed by atoms with Crippen LogP contribution in [0.2, 0.25) is 0 Å². The summed E-state index contributed by atoms with van der Waals surface area (Å²) in [4.78, 5) is 11.2. The molecule has 28 heavy (non-hydrogen) atoms. The maximum absolute atomic E-state index is 5.72. The van der Waals surface area contributed by atoms with E-state index >= 15 is 0 Å². The van der Waals surface area contributed by atoms with Gasteiger partial charge in [0.1, 0.15) is 5.82 Å². The van der Waals surface area contributed by atoms with Crippen LogP contribution in [0.4, 0.5) is 5.82 Å². The van der Waals surface area contributed by atoms with Gasteiger partial charge in [-0.3, -0.25) is 4.99 Å². The Morgan fingerprint density at radius 1 is 1.32 bits per heavy atom. The maximum atomic E-state index is 5.72. The van der Waals surface area contributed by atoms with Gasteiger partial charge in [-0.05, 0) is 37.3 Å². The third-order valence-electron chi connectivity index (χ3n) is 5.06. The molecule has 2 fully saturated rings. The molecule has 0 aliphatic carbocycles. The van der Waals surface area contributed by atoms with Crippen molar-refractivity contribution in [3.8, 4) is 0 Å². The van der Waals surface area contributed by atoms with Crippen LogP contribution in [0.5, 0.6) is 0 Å². The highest BCUT2D eigenvalue weighted by atomic mass is 127. The van der Waals surface area contributed by atoms with Gasteiger partial charge in [0.15, 0.2) is 5.96 Å². The van der Waals surface area contributed by atoms with Gasteiger partial charge < -0.3 is 25.0 Å². The van der Waals surface area contributed by atoms with Crippen LogP contribution in [-0.4, -0.2) is 64.1 Å². The zero-order chi connectivity index (χ0) is 18.7. The Labute approximate surface area is 185 Å². The third kappa shape index (κ3) is 7.71. The summed E-state index contributed by atoms with van der Waals surface area (Å²) in [5, 5.41) is 6.67. The van der Waals surface area contributed by atoms with E-state index < -0.39 is 0 Å². The van der Waals surface area contributed by atoms with Crippen molar-refractivity contribution in [3.05, 3.63) is 23.9 Å². The van der Waals surface area contributed by atoms with Gasteiger partial charge in [0, 0.05) is 58.6 Å². The van der Waals surface area contributed by atoms with Crippen molar-refractivity contribution in [2.24, 2.45) is 10.9 Å². The zero-order valence-corrected chi connectivity index (χ0v) is 19.2. The van der Waals surface area contributed by atoms with Gasteiger partial charge in [-0.15, -0.1) is 24.0 Å². The van der Waals surface area contributed by atoms with E-state index in [0.717, 1.165) is 76.2 Å². The predicted molar refractivity (Wildman–Crippen MR) is 124 cm³/mol. The smallest absolute Gasteiger partial charge is 0.191 e. The molecule has 1 aromatic heterocycles. The number of pyridine rings is 1. The van der Waals surface area contributed by atoms with Gasteiger partial charge in [-0.1, -0.05) is 6.07 Å². The van der Waals surface area contributed by atoms with Crippen LogP contribution in [0.1, 0.15) is 31.2 Å². The molecule has 0 radical (unpaired) electrons. The molecular weight excluding hydrogens is 469 g/mol. The Kier molecular flexibility index (Phi) is 10.9. The van der Waals surface area contributed by atoms with E-state index in [9.17, 15) is 0 Å². The molecule has 1 aromatic rings. The minimum atomic E-state index is 0. The Bertz CT molecular complexity index is 572. The minimum Gasteiger partial charge on any atom is -0.381 e. The van der Waals surface area contributed by atoms with E-state index in [-0.39, 0.29) is 24.0 Å². The molecule has 2 aliphatic heterocycles. The summed E-state index contributed by atoms with van der Waals surface area (Å²) in [5.74, 6) is 2.48. The molecule has 0 amide bonds. The molecule has 1 unspecified atom stereocenters. The van der Waals surface area contributed by atoms with Crippen molar-refractivity contribution in [1.82, 2.24) is 15.6 Å². The van der Waals surface area contributed by atoms with Crippen LogP contribution < -0.4 is 15.5 Å². The molecule has 0 saturated carbocycles. The molecule has 7 nitrogen and oxygen atoms in total. The second kappa shape index (κ2) is 13.2. The number of hydrogen-bond acceptors (Lipinski definition) is 5. The summed E-state index contributed by atoms with van der Waals surface area (Å²) in [7, 11) is 1.79. The van der Waals surface area contributed by atoms with E-state index in [4.69, 9.17) is 9.47 Å². The number of ether oxygens (including phenoxy) is 2. The maximum Gasteiger partial charge on any atom is 0.191 e. The van der Waals surface area contributed by atoms with Gasteiger partial charge in [0.2, 0.25) is 0 Å². The van der Waals surface area contributed by atoms with Gasteiger partial charge in [0.05, 0.1) is 13.2 Å². The van der Waals surface area contributed by atoms with Crippen molar-refractivity contribution in [3.63, 3.8) is 0 Å². The fourth-order valence-corrected chi connectivity index (χ4v) is 3.41. The van der Waals surface area contributed by atoms with Crippen molar-refractivity contribution in [2.75, 3.05) is 58.0 Å².